The zero-order valence-corrected chi connectivity index (χ0v) is 18.5. The Balaban J connectivity index is 1.77. The maximum absolute atomic E-state index is 13.0. The predicted molar refractivity (Wildman–Crippen MR) is 120 cm³/mol. The van der Waals surface area contributed by atoms with E-state index in [0.717, 1.165) is 22.8 Å². The van der Waals surface area contributed by atoms with Crippen molar-refractivity contribution in [3.63, 3.8) is 0 Å². The van der Waals surface area contributed by atoms with Gasteiger partial charge in [-0.2, -0.15) is 16.9 Å². The first kappa shape index (κ1) is 21.4. The molecule has 1 aromatic heterocycles. The van der Waals surface area contributed by atoms with Gasteiger partial charge in [-0.1, -0.05) is 0 Å². The van der Waals surface area contributed by atoms with Crippen LogP contribution in [0.2, 0.25) is 0 Å². The summed E-state index contributed by atoms with van der Waals surface area (Å²) in [7, 11) is -2.20. The van der Waals surface area contributed by atoms with Crippen molar-refractivity contribution in [2.45, 2.75) is 4.90 Å². The topological polar surface area (TPSA) is 108 Å². The SMILES string of the molecule is COc1ccc(-c2cc(C(=O)N3CCSCC3)nn2-c2ccc(S(N)(=O)=O)cc2)cc1. The van der Waals surface area contributed by atoms with E-state index in [-0.39, 0.29) is 10.8 Å². The van der Waals surface area contributed by atoms with Crippen LogP contribution in [0.1, 0.15) is 10.5 Å². The van der Waals surface area contributed by atoms with Gasteiger partial charge in [0.15, 0.2) is 5.69 Å². The van der Waals surface area contributed by atoms with Crippen LogP contribution in [0, 0.1) is 0 Å². The van der Waals surface area contributed by atoms with Gasteiger partial charge < -0.3 is 9.64 Å². The third-order valence-corrected chi connectivity index (χ3v) is 6.89. The molecule has 0 bridgehead atoms. The summed E-state index contributed by atoms with van der Waals surface area (Å²) in [4.78, 5) is 14.9. The molecule has 0 atom stereocenters. The number of nitrogens with zero attached hydrogens (tertiary/aromatic N) is 3. The van der Waals surface area contributed by atoms with Crippen LogP contribution in [0.5, 0.6) is 5.75 Å². The minimum atomic E-state index is -3.80. The lowest BCUT2D eigenvalue weighted by Gasteiger charge is -2.25. The fourth-order valence-electron chi connectivity index (χ4n) is 3.36. The number of aromatic nitrogens is 2. The first-order valence-electron chi connectivity index (χ1n) is 9.61. The second-order valence-corrected chi connectivity index (χ2v) is 9.78. The number of rotatable bonds is 5. The standard InChI is InChI=1S/C21H22N4O4S2/c1-29-17-6-2-15(3-7-17)20-14-19(21(26)24-10-12-30-13-11-24)23-25(20)16-4-8-18(9-5-16)31(22,27)28/h2-9,14H,10-13H2,1H3,(H2,22,27,28). The lowest BCUT2D eigenvalue weighted by Crippen LogP contribution is -2.38. The predicted octanol–water partition coefficient (Wildman–Crippen LogP) is 2.38. The molecule has 162 valence electrons. The second kappa shape index (κ2) is 8.74. The third kappa shape index (κ3) is 4.60. The average molecular weight is 459 g/mol. The molecule has 1 saturated heterocycles. The molecule has 1 amide bonds. The molecule has 4 rings (SSSR count). The van der Waals surface area contributed by atoms with Crippen LogP contribution in [0.25, 0.3) is 16.9 Å². The molecule has 0 spiro atoms. The van der Waals surface area contributed by atoms with Gasteiger partial charge in [-0.05, 0) is 54.6 Å². The van der Waals surface area contributed by atoms with E-state index in [1.165, 1.54) is 12.1 Å². The Morgan fingerprint density at radius 2 is 1.71 bits per heavy atom. The molecule has 0 aliphatic carbocycles. The molecular weight excluding hydrogens is 436 g/mol. The van der Waals surface area contributed by atoms with Crippen molar-refractivity contribution in [2.75, 3.05) is 31.7 Å². The van der Waals surface area contributed by atoms with Gasteiger partial charge >= 0.3 is 0 Å². The van der Waals surface area contributed by atoms with Crippen molar-refractivity contribution in [3.05, 3.63) is 60.3 Å². The molecule has 3 aromatic rings. The first-order valence-corrected chi connectivity index (χ1v) is 12.3. The first-order chi connectivity index (χ1) is 14.9. The number of carbonyl (C=O) groups is 1. The Bertz CT molecular complexity index is 1180. The van der Waals surface area contributed by atoms with Crippen molar-refractivity contribution in [3.8, 4) is 22.7 Å². The smallest absolute Gasteiger partial charge is 0.274 e. The quantitative estimate of drug-likeness (QED) is 0.629. The highest BCUT2D eigenvalue weighted by molar-refractivity contribution is 7.99. The summed E-state index contributed by atoms with van der Waals surface area (Å²) in [5.74, 6) is 2.42. The van der Waals surface area contributed by atoms with Crippen molar-refractivity contribution < 1.29 is 17.9 Å². The number of ether oxygens (including phenoxy) is 1. The summed E-state index contributed by atoms with van der Waals surface area (Å²) < 4.78 is 30.1. The second-order valence-electron chi connectivity index (χ2n) is 7.00. The van der Waals surface area contributed by atoms with Gasteiger partial charge in [0.25, 0.3) is 5.91 Å². The molecule has 31 heavy (non-hydrogen) atoms. The fourth-order valence-corrected chi connectivity index (χ4v) is 4.77. The van der Waals surface area contributed by atoms with E-state index in [0.29, 0.717) is 30.2 Å². The zero-order valence-electron chi connectivity index (χ0n) is 16.9. The normalized spacial score (nSPS) is 14.5. The Morgan fingerprint density at radius 3 is 2.29 bits per heavy atom. The number of primary sulfonamides is 1. The maximum atomic E-state index is 13.0. The number of thioether (sulfide) groups is 1. The van der Waals surface area contributed by atoms with Gasteiger partial charge in [-0.25, -0.2) is 18.2 Å². The van der Waals surface area contributed by atoms with Crippen LogP contribution < -0.4 is 9.88 Å². The van der Waals surface area contributed by atoms with E-state index in [2.05, 4.69) is 5.10 Å². The van der Waals surface area contributed by atoms with Crippen LogP contribution in [0.15, 0.2) is 59.5 Å². The van der Waals surface area contributed by atoms with Crippen LogP contribution in [0.3, 0.4) is 0 Å². The number of sulfonamides is 1. The number of hydrogen-bond acceptors (Lipinski definition) is 6. The molecule has 8 nitrogen and oxygen atoms in total. The summed E-state index contributed by atoms with van der Waals surface area (Å²) in [5.41, 5.74) is 2.51. The van der Waals surface area contributed by atoms with Crippen LogP contribution in [-0.4, -0.2) is 60.7 Å². The summed E-state index contributed by atoms with van der Waals surface area (Å²) in [6.07, 6.45) is 0. The van der Waals surface area contributed by atoms with Crippen LogP contribution in [-0.2, 0) is 10.0 Å². The Hall–Kier alpha value is -2.82. The van der Waals surface area contributed by atoms with Gasteiger partial charge in [0.1, 0.15) is 5.75 Å². The minimum absolute atomic E-state index is 0.0107. The highest BCUT2D eigenvalue weighted by Crippen LogP contribution is 2.27. The average Bonchev–Trinajstić information content (AvgIpc) is 3.24. The summed E-state index contributed by atoms with van der Waals surface area (Å²) in [5, 5.41) is 9.78. The molecule has 2 aromatic carbocycles. The molecule has 2 heterocycles. The van der Waals surface area contributed by atoms with Crippen molar-refractivity contribution >= 4 is 27.7 Å². The van der Waals surface area contributed by atoms with E-state index >= 15 is 0 Å². The maximum Gasteiger partial charge on any atom is 0.274 e. The molecule has 2 N–H and O–H groups in total. The van der Waals surface area contributed by atoms with E-state index in [1.807, 2.05) is 40.9 Å². The fraction of sp³-hybridized carbons (Fsp3) is 0.238. The van der Waals surface area contributed by atoms with Crippen molar-refractivity contribution in [1.29, 1.82) is 0 Å². The summed E-state index contributed by atoms with van der Waals surface area (Å²) in [6.45, 7) is 1.38. The zero-order chi connectivity index (χ0) is 22.0. The molecule has 1 aliphatic rings. The van der Waals surface area contributed by atoms with E-state index in [9.17, 15) is 13.2 Å². The number of nitrogens with two attached hydrogens (primary N) is 1. The Labute approximate surface area is 185 Å². The number of benzene rings is 2. The lowest BCUT2D eigenvalue weighted by molar-refractivity contribution is 0.0766. The molecular formula is C21H22N4O4S2. The molecule has 0 unspecified atom stereocenters. The van der Waals surface area contributed by atoms with Gasteiger partial charge in [0.05, 0.1) is 23.4 Å². The third-order valence-electron chi connectivity index (χ3n) is 5.02. The van der Waals surface area contributed by atoms with Crippen LogP contribution >= 0.6 is 11.8 Å². The molecule has 0 saturated carbocycles. The van der Waals surface area contributed by atoms with Crippen molar-refractivity contribution in [2.24, 2.45) is 5.14 Å². The minimum Gasteiger partial charge on any atom is -0.497 e. The Kier molecular flexibility index (Phi) is 6.03. The Morgan fingerprint density at radius 1 is 1.06 bits per heavy atom. The molecule has 1 fully saturated rings. The summed E-state index contributed by atoms with van der Waals surface area (Å²) >= 11 is 1.83. The van der Waals surface area contributed by atoms with Gasteiger partial charge in [-0.3, -0.25) is 4.79 Å². The monoisotopic (exact) mass is 458 g/mol. The van der Waals surface area contributed by atoms with Gasteiger partial charge in [0, 0.05) is 30.2 Å². The molecule has 1 aliphatic heterocycles. The van der Waals surface area contributed by atoms with E-state index in [1.54, 1.807) is 30.0 Å². The largest absolute Gasteiger partial charge is 0.497 e. The highest BCUT2D eigenvalue weighted by Gasteiger charge is 2.23. The number of carbonyl (C=O) groups excluding carboxylic acids is 1. The van der Waals surface area contributed by atoms with Gasteiger partial charge in [-0.15, -0.1) is 0 Å². The van der Waals surface area contributed by atoms with E-state index < -0.39 is 10.0 Å². The van der Waals surface area contributed by atoms with Crippen LogP contribution in [0.4, 0.5) is 0 Å². The number of amides is 1. The number of hydrogen-bond donors (Lipinski definition) is 1. The molecule has 10 heteroatoms. The molecule has 0 radical (unpaired) electrons. The number of methoxy groups -OCH3 is 1. The van der Waals surface area contributed by atoms with E-state index in [4.69, 9.17) is 9.88 Å². The highest BCUT2D eigenvalue weighted by atomic mass is 32.2. The van der Waals surface area contributed by atoms with Crippen molar-refractivity contribution in [1.82, 2.24) is 14.7 Å². The summed E-state index contributed by atoms with van der Waals surface area (Å²) in [6, 6.07) is 15.3. The lowest BCUT2D eigenvalue weighted by atomic mass is 10.1. The van der Waals surface area contributed by atoms with Gasteiger partial charge in [0.2, 0.25) is 10.0 Å².